The summed E-state index contributed by atoms with van der Waals surface area (Å²) in [5, 5.41) is 12.8. The number of aliphatic hydroxyl groups is 1. The van der Waals surface area contributed by atoms with Gasteiger partial charge in [-0.3, -0.25) is 0 Å². The van der Waals surface area contributed by atoms with Crippen LogP contribution in [0, 0.1) is 5.82 Å². The van der Waals surface area contributed by atoms with Crippen LogP contribution in [0.1, 0.15) is 6.92 Å². The number of ether oxygens (including phenoxy) is 2. The molecule has 1 aromatic rings. The molecule has 0 fully saturated rings. The van der Waals surface area contributed by atoms with Crippen LogP contribution >= 0.6 is 11.6 Å². The van der Waals surface area contributed by atoms with Gasteiger partial charge in [-0.05, 0) is 19.1 Å². The van der Waals surface area contributed by atoms with Gasteiger partial charge in [0.25, 0.3) is 0 Å². The van der Waals surface area contributed by atoms with Crippen molar-refractivity contribution in [2.75, 3.05) is 32.2 Å². The number of rotatable bonds is 8. The van der Waals surface area contributed by atoms with E-state index in [1.807, 2.05) is 6.92 Å². The summed E-state index contributed by atoms with van der Waals surface area (Å²) in [7, 11) is 1.58. The van der Waals surface area contributed by atoms with E-state index in [1.54, 1.807) is 13.2 Å². The molecule has 4 nitrogen and oxygen atoms in total. The molecule has 0 heterocycles. The zero-order chi connectivity index (χ0) is 14.3. The number of hydrogen-bond acceptors (Lipinski definition) is 4. The third-order valence-electron chi connectivity index (χ3n) is 2.45. The molecule has 0 aliphatic carbocycles. The van der Waals surface area contributed by atoms with Crippen LogP contribution in [-0.4, -0.2) is 44.2 Å². The first-order chi connectivity index (χ1) is 9.04. The summed E-state index contributed by atoms with van der Waals surface area (Å²) < 4.78 is 23.7. The smallest absolute Gasteiger partial charge is 0.147 e. The topological polar surface area (TPSA) is 50.7 Å². The Morgan fingerprint density at radius 3 is 2.79 bits per heavy atom. The summed E-state index contributed by atoms with van der Waals surface area (Å²) in [5.41, 5.74) is 0.188. The molecule has 0 saturated carbocycles. The number of anilines is 1. The van der Waals surface area contributed by atoms with E-state index in [0.717, 1.165) is 0 Å². The SMILES string of the molecule is COCC(C)OCC(O)CNc1c(F)cccc1Cl. The first-order valence-corrected chi connectivity index (χ1v) is 6.39. The standard InChI is InChI=1S/C13H19ClFNO3/c1-9(7-18-2)19-8-10(17)6-16-13-11(14)4-3-5-12(13)15/h3-5,9-10,16-17H,6-8H2,1-2H3. The Morgan fingerprint density at radius 2 is 2.16 bits per heavy atom. The van der Waals surface area contributed by atoms with Gasteiger partial charge < -0.3 is 19.9 Å². The fraction of sp³-hybridized carbons (Fsp3) is 0.538. The quantitative estimate of drug-likeness (QED) is 0.772. The van der Waals surface area contributed by atoms with E-state index in [-0.39, 0.29) is 30.0 Å². The second-order valence-corrected chi connectivity index (χ2v) is 4.64. The first kappa shape index (κ1) is 16.2. The number of halogens is 2. The monoisotopic (exact) mass is 291 g/mol. The number of nitrogens with one attached hydrogen (secondary N) is 1. The predicted molar refractivity (Wildman–Crippen MR) is 73.2 cm³/mol. The molecular weight excluding hydrogens is 273 g/mol. The van der Waals surface area contributed by atoms with E-state index >= 15 is 0 Å². The van der Waals surface area contributed by atoms with Crippen LogP contribution in [0.5, 0.6) is 0 Å². The Labute approximate surface area is 117 Å². The van der Waals surface area contributed by atoms with Gasteiger partial charge in [0.2, 0.25) is 0 Å². The molecule has 0 spiro atoms. The van der Waals surface area contributed by atoms with Gasteiger partial charge in [0.15, 0.2) is 0 Å². The Bertz CT molecular complexity index is 372. The Morgan fingerprint density at radius 1 is 1.42 bits per heavy atom. The van der Waals surface area contributed by atoms with Gasteiger partial charge in [-0.15, -0.1) is 0 Å². The molecule has 2 unspecified atom stereocenters. The lowest BCUT2D eigenvalue weighted by Crippen LogP contribution is -2.28. The molecule has 2 atom stereocenters. The van der Waals surface area contributed by atoms with Crippen molar-refractivity contribution >= 4 is 17.3 Å². The average Bonchev–Trinajstić information content (AvgIpc) is 2.36. The van der Waals surface area contributed by atoms with Crippen molar-refractivity contribution in [3.63, 3.8) is 0 Å². The van der Waals surface area contributed by atoms with Crippen LogP contribution in [0.15, 0.2) is 18.2 Å². The van der Waals surface area contributed by atoms with Crippen molar-refractivity contribution in [2.24, 2.45) is 0 Å². The summed E-state index contributed by atoms with van der Waals surface area (Å²) in [6.45, 7) is 2.60. The molecule has 1 aromatic carbocycles. The van der Waals surface area contributed by atoms with Crippen LogP contribution in [-0.2, 0) is 9.47 Å². The van der Waals surface area contributed by atoms with Crippen LogP contribution in [0.25, 0.3) is 0 Å². The molecular formula is C13H19ClFNO3. The molecule has 0 aromatic heterocycles. The van der Waals surface area contributed by atoms with Gasteiger partial charge in [-0.2, -0.15) is 0 Å². The van der Waals surface area contributed by atoms with Gasteiger partial charge in [0.1, 0.15) is 5.82 Å². The molecule has 1 rings (SSSR count). The molecule has 108 valence electrons. The highest BCUT2D eigenvalue weighted by Gasteiger charge is 2.11. The van der Waals surface area contributed by atoms with Crippen molar-refractivity contribution in [2.45, 2.75) is 19.1 Å². The predicted octanol–water partition coefficient (Wildman–Crippen LogP) is 2.30. The van der Waals surface area contributed by atoms with E-state index in [1.165, 1.54) is 12.1 Å². The second kappa shape index (κ2) is 8.32. The minimum absolute atomic E-state index is 0.100. The number of benzene rings is 1. The minimum atomic E-state index is -0.755. The fourth-order valence-electron chi connectivity index (χ4n) is 1.50. The first-order valence-electron chi connectivity index (χ1n) is 6.01. The highest BCUT2D eigenvalue weighted by Crippen LogP contribution is 2.24. The zero-order valence-corrected chi connectivity index (χ0v) is 11.8. The average molecular weight is 292 g/mol. The number of aliphatic hydroxyl groups excluding tert-OH is 1. The maximum atomic E-state index is 13.4. The maximum absolute atomic E-state index is 13.4. The van der Waals surface area contributed by atoms with Crippen molar-refractivity contribution < 1.29 is 19.0 Å². The highest BCUT2D eigenvalue weighted by atomic mass is 35.5. The molecule has 6 heteroatoms. The Balaban J connectivity index is 2.36. The highest BCUT2D eigenvalue weighted by molar-refractivity contribution is 6.33. The van der Waals surface area contributed by atoms with E-state index < -0.39 is 11.9 Å². The molecule has 0 radical (unpaired) electrons. The Hall–Kier alpha value is -0.880. The molecule has 2 N–H and O–H groups in total. The van der Waals surface area contributed by atoms with E-state index in [4.69, 9.17) is 21.1 Å². The van der Waals surface area contributed by atoms with Crippen molar-refractivity contribution in [1.82, 2.24) is 0 Å². The van der Waals surface area contributed by atoms with Crippen molar-refractivity contribution in [3.8, 4) is 0 Å². The third-order valence-corrected chi connectivity index (χ3v) is 2.77. The summed E-state index contributed by atoms with van der Waals surface area (Å²) in [5.74, 6) is -0.451. The summed E-state index contributed by atoms with van der Waals surface area (Å²) in [6, 6.07) is 4.41. The third kappa shape index (κ3) is 5.74. The van der Waals surface area contributed by atoms with E-state index in [0.29, 0.717) is 6.61 Å². The van der Waals surface area contributed by atoms with Gasteiger partial charge in [0.05, 0.1) is 36.1 Å². The lowest BCUT2D eigenvalue weighted by molar-refractivity contribution is -0.0282. The lowest BCUT2D eigenvalue weighted by Gasteiger charge is -2.17. The molecule has 0 saturated heterocycles. The van der Waals surface area contributed by atoms with Crippen LogP contribution < -0.4 is 5.32 Å². The van der Waals surface area contributed by atoms with E-state index in [2.05, 4.69) is 5.32 Å². The van der Waals surface area contributed by atoms with Crippen LogP contribution in [0.3, 0.4) is 0 Å². The van der Waals surface area contributed by atoms with Crippen LogP contribution in [0.2, 0.25) is 5.02 Å². The minimum Gasteiger partial charge on any atom is -0.389 e. The van der Waals surface area contributed by atoms with Gasteiger partial charge in [0, 0.05) is 13.7 Å². The largest absolute Gasteiger partial charge is 0.389 e. The van der Waals surface area contributed by atoms with Gasteiger partial charge in [-0.25, -0.2) is 4.39 Å². The second-order valence-electron chi connectivity index (χ2n) is 4.23. The summed E-state index contributed by atoms with van der Waals surface area (Å²) >= 11 is 5.85. The Kier molecular flexibility index (Phi) is 7.09. The number of para-hydroxylation sites is 1. The zero-order valence-electron chi connectivity index (χ0n) is 11.0. The summed E-state index contributed by atoms with van der Waals surface area (Å²) in [4.78, 5) is 0. The lowest BCUT2D eigenvalue weighted by atomic mass is 10.3. The normalized spacial score (nSPS) is 14.2. The van der Waals surface area contributed by atoms with Crippen molar-refractivity contribution in [1.29, 1.82) is 0 Å². The van der Waals surface area contributed by atoms with Crippen molar-refractivity contribution in [3.05, 3.63) is 29.0 Å². The fourth-order valence-corrected chi connectivity index (χ4v) is 1.73. The molecule has 0 bridgehead atoms. The molecule has 19 heavy (non-hydrogen) atoms. The molecule has 0 aliphatic rings. The van der Waals surface area contributed by atoms with E-state index in [9.17, 15) is 9.50 Å². The summed E-state index contributed by atoms with van der Waals surface area (Å²) in [6.07, 6.45) is -0.855. The molecule has 0 aliphatic heterocycles. The molecule has 0 amide bonds. The maximum Gasteiger partial charge on any atom is 0.147 e. The number of hydrogen-bond donors (Lipinski definition) is 2. The van der Waals surface area contributed by atoms with Crippen LogP contribution in [0.4, 0.5) is 10.1 Å². The van der Waals surface area contributed by atoms with Gasteiger partial charge in [-0.1, -0.05) is 17.7 Å². The van der Waals surface area contributed by atoms with Gasteiger partial charge >= 0.3 is 0 Å². The number of methoxy groups -OCH3 is 1.